The van der Waals surface area contributed by atoms with Gasteiger partial charge in [0.1, 0.15) is 46.0 Å². The molecule has 0 amide bonds. The van der Waals surface area contributed by atoms with E-state index in [1.54, 1.807) is 36.4 Å². The van der Waals surface area contributed by atoms with Crippen LogP contribution in [-0.2, 0) is 67.6 Å². The van der Waals surface area contributed by atoms with Gasteiger partial charge in [0.2, 0.25) is 0 Å². The molecular formula is C74H86N2O8S2. The van der Waals surface area contributed by atoms with E-state index in [-0.39, 0.29) is 60.2 Å². The number of anilines is 2. The molecule has 12 heteroatoms. The van der Waals surface area contributed by atoms with Crippen molar-refractivity contribution in [2.75, 3.05) is 51.2 Å². The van der Waals surface area contributed by atoms with Crippen LogP contribution in [-0.4, -0.2) is 58.2 Å². The lowest BCUT2D eigenvalue weighted by Crippen LogP contribution is -2.19. The predicted octanol–water partition coefficient (Wildman–Crippen LogP) is 16.7. The molecule has 0 unspecified atom stereocenters. The molecule has 9 rings (SSSR count). The zero-order valence-electron chi connectivity index (χ0n) is 53.3. The predicted molar refractivity (Wildman–Crippen MR) is 355 cm³/mol. The van der Waals surface area contributed by atoms with Gasteiger partial charge in [-0.1, -0.05) is 205 Å². The maximum absolute atomic E-state index is 15.6. The highest BCUT2D eigenvalue weighted by molar-refractivity contribution is 7.87. The molecule has 0 saturated carbocycles. The Kier molecular flexibility index (Phi) is 17.3. The number of hydrogen-bond acceptors (Lipinski definition) is 10. The molecule has 86 heavy (non-hydrogen) atoms. The van der Waals surface area contributed by atoms with Gasteiger partial charge in [-0.2, -0.15) is 16.8 Å². The first-order chi connectivity index (χ1) is 40.2. The number of fused-ring (bicyclic) bond motifs is 10. The number of benzene rings is 8. The average molecular weight is 1200 g/mol. The Hall–Kier alpha value is -7.54. The molecule has 0 radical (unpaired) electrons. The standard InChI is InChI=1S/C74H86N2O8S2/c1-19-33-81-67-47-35-51-43-57(73(9,10)11)45-53(69(51)83-85(77,78)65-31-23-25-59-61(65)27-21-29-63(59)75(15)16)37-49-41-56(72(6,7)8)42-50(68(49)82-34-20-2)38-54-46-58(74(12,13)14)44-52(36-48(67)40-55(39-47)71(3,4)5)70(54)84-86(79,80)66-32-24-26-60-62(66)28-22-30-64(60)76(17)18/h19-32,39-46H,1-2,33-38H2,3-18H3. The highest BCUT2D eigenvalue weighted by Gasteiger charge is 2.33. The first-order valence-electron chi connectivity index (χ1n) is 29.6. The normalized spacial score (nSPS) is 13.3. The largest absolute Gasteiger partial charge is 0.489 e. The summed E-state index contributed by atoms with van der Waals surface area (Å²) in [5.41, 5.74) is 9.73. The zero-order valence-corrected chi connectivity index (χ0v) is 55.0. The van der Waals surface area contributed by atoms with Crippen LogP contribution in [0.25, 0.3) is 21.5 Å². The van der Waals surface area contributed by atoms with E-state index in [0.717, 1.165) is 66.7 Å². The van der Waals surface area contributed by atoms with Gasteiger partial charge in [0.15, 0.2) is 0 Å². The van der Waals surface area contributed by atoms with Gasteiger partial charge in [-0.3, -0.25) is 0 Å². The minimum absolute atomic E-state index is 0.0475. The quantitative estimate of drug-likeness (QED) is 0.0771. The second-order valence-electron chi connectivity index (χ2n) is 27.5. The van der Waals surface area contributed by atoms with E-state index in [9.17, 15) is 0 Å². The van der Waals surface area contributed by atoms with E-state index in [0.29, 0.717) is 44.5 Å². The molecule has 1 aliphatic rings. The third-order valence-electron chi connectivity index (χ3n) is 16.3. The molecule has 0 spiro atoms. The number of hydrogen-bond donors (Lipinski definition) is 0. The molecule has 0 saturated heterocycles. The summed E-state index contributed by atoms with van der Waals surface area (Å²) in [5.74, 6) is 1.56. The Balaban J connectivity index is 1.42. The first kappa shape index (κ1) is 63.0. The Labute approximate surface area is 512 Å². The van der Waals surface area contributed by atoms with Crippen molar-refractivity contribution < 1.29 is 34.7 Å². The zero-order chi connectivity index (χ0) is 62.6. The van der Waals surface area contributed by atoms with Crippen LogP contribution in [0.15, 0.2) is 156 Å². The Morgan fingerprint density at radius 2 is 0.628 bits per heavy atom. The molecule has 0 N–H and O–H groups in total. The van der Waals surface area contributed by atoms with E-state index in [4.69, 9.17) is 17.8 Å². The van der Waals surface area contributed by atoms with Crippen LogP contribution in [0.2, 0.25) is 0 Å². The summed E-state index contributed by atoms with van der Waals surface area (Å²) in [6.07, 6.45) is 4.14. The lowest BCUT2D eigenvalue weighted by atomic mass is 9.79. The summed E-state index contributed by atoms with van der Waals surface area (Å²) in [6, 6.07) is 38.9. The van der Waals surface area contributed by atoms with Gasteiger partial charge < -0.3 is 27.6 Å². The van der Waals surface area contributed by atoms with Crippen molar-refractivity contribution in [1.29, 1.82) is 0 Å². The summed E-state index contributed by atoms with van der Waals surface area (Å²) < 4.78 is 89.8. The molecule has 8 aromatic carbocycles. The van der Waals surface area contributed by atoms with Gasteiger partial charge in [0, 0.05) is 109 Å². The molecule has 0 aliphatic heterocycles. The molecule has 8 aromatic rings. The van der Waals surface area contributed by atoms with Crippen molar-refractivity contribution in [3.8, 4) is 23.0 Å². The van der Waals surface area contributed by atoms with Crippen molar-refractivity contribution in [1.82, 2.24) is 0 Å². The number of nitrogens with zero attached hydrogens (tertiary/aromatic N) is 2. The third-order valence-corrected chi connectivity index (χ3v) is 18.8. The van der Waals surface area contributed by atoms with Gasteiger partial charge in [-0.15, -0.1) is 0 Å². The summed E-state index contributed by atoms with van der Waals surface area (Å²) >= 11 is 0. The Bertz CT molecular complexity index is 3820. The second kappa shape index (κ2) is 23.6. The molecule has 0 atom stereocenters. The van der Waals surface area contributed by atoms with Crippen molar-refractivity contribution in [3.63, 3.8) is 0 Å². The SMILES string of the molecule is C=CCOc1c2cc(C(C)(C)C)cc1Cc1cc(C(C)(C)C)cc(c1OS(=O)(=O)c1cccc3c(N(C)C)cccc13)Cc1cc(C(C)(C)C)cc(c1OCC=C)Cc1cc(C(C)(C)C)cc(c1OS(=O)(=O)c1cccc3c(N(C)C)cccc13)C2. The van der Waals surface area contributed by atoms with Crippen molar-refractivity contribution in [2.45, 2.75) is 140 Å². The van der Waals surface area contributed by atoms with Gasteiger partial charge >= 0.3 is 20.2 Å². The highest BCUT2D eigenvalue weighted by Crippen LogP contribution is 2.46. The van der Waals surface area contributed by atoms with Crippen LogP contribution in [0.5, 0.6) is 23.0 Å². The minimum atomic E-state index is -4.57. The number of rotatable bonds is 14. The topological polar surface area (TPSA) is 112 Å². The number of ether oxygens (including phenoxy) is 2. The van der Waals surface area contributed by atoms with E-state index in [1.165, 1.54) is 0 Å². The summed E-state index contributed by atoms with van der Waals surface area (Å²) in [5, 5.41) is 2.63. The molecule has 0 heterocycles. The summed E-state index contributed by atoms with van der Waals surface area (Å²) in [7, 11) is -1.38. The fourth-order valence-electron chi connectivity index (χ4n) is 11.5. The van der Waals surface area contributed by atoms with Gasteiger partial charge in [-0.05, 0) is 90.4 Å². The van der Waals surface area contributed by atoms with Gasteiger partial charge in [-0.25, -0.2) is 0 Å². The second-order valence-corrected chi connectivity index (χ2v) is 30.6. The Morgan fingerprint density at radius 3 is 0.872 bits per heavy atom. The fourth-order valence-corrected chi connectivity index (χ4v) is 14.0. The maximum Gasteiger partial charge on any atom is 0.339 e. The molecule has 8 bridgehead atoms. The van der Waals surface area contributed by atoms with Crippen LogP contribution in [0.4, 0.5) is 11.4 Å². The molecule has 0 aromatic heterocycles. The lowest BCUT2D eigenvalue weighted by Gasteiger charge is -2.29. The highest BCUT2D eigenvalue weighted by atomic mass is 32.2. The summed E-state index contributed by atoms with van der Waals surface area (Å²) in [4.78, 5) is 4.04. The van der Waals surface area contributed by atoms with Crippen LogP contribution in [0, 0.1) is 0 Å². The first-order valence-corrected chi connectivity index (χ1v) is 32.4. The molecule has 1 aliphatic carbocycles. The van der Waals surface area contributed by atoms with Crippen molar-refractivity contribution >= 4 is 53.2 Å². The third kappa shape index (κ3) is 13.1. The van der Waals surface area contributed by atoms with Gasteiger partial charge in [0.25, 0.3) is 0 Å². The summed E-state index contributed by atoms with van der Waals surface area (Å²) in [6.45, 7) is 34.4. The van der Waals surface area contributed by atoms with Crippen LogP contribution < -0.4 is 27.6 Å². The van der Waals surface area contributed by atoms with Crippen LogP contribution in [0.1, 0.15) is 150 Å². The molecular weight excluding hydrogens is 1110 g/mol. The lowest BCUT2D eigenvalue weighted by molar-refractivity contribution is 0.355. The van der Waals surface area contributed by atoms with Crippen molar-refractivity contribution in [2.24, 2.45) is 0 Å². The Morgan fingerprint density at radius 1 is 0.384 bits per heavy atom. The smallest absolute Gasteiger partial charge is 0.339 e. The fraction of sp³-hybridized carbons (Fsp3) is 0.351. The average Bonchev–Trinajstić information content (AvgIpc) is 0.822. The maximum atomic E-state index is 15.6. The monoisotopic (exact) mass is 1190 g/mol. The molecule has 452 valence electrons. The van der Waals surface area contributed by atoms with E-state index in [1.807, 2.05) is 86.5 Å². The van der Waals surface area contributed by atoms with Crippen LogP contribution in [0.3, 0.4) is 0 Å². The van der Waals surface area contributed by atoms with Crippen molar-refractivity contribution in [3.05, 3.63) is 213 Å². The van der Waals surface area contributed by atoms with E-state index >= 15 is 16.8 Å². The molecule has 10 nitrogen and oxygen atoms in total. The van der Waals surface area contributed by atoms with E-state index < -0.39 is 41.9 Å². The minimum Gasteiger partial charge on any atom is -0.489 e. The molecule has 0 fully saturated rings. The van der Waals surface area contributed by atoms with Gasteiger partial charge in [0.05, 0.1) is 0 Å². The van der Waals surface area contributed by atoms with E-state index in [2.05, 4.69) is 145 Å². The van der Waals surface area contributed by atoms with Crippen LogP contribution >= 0.6 is 0 Å².